The highest BCUT2D eigenvalue weighted by molar-refractivity contribution is 6.28. The summed E-state index contributed by atoms with van der Waals surface area (Å²) in [7, 11) is 0. The van der Waals surface area contributed by atoms with Gasteiger partial charge in [0.1, 0.15) is 0 Å². The molecule has 0 bridgehead atoms. The van der Waals surface area contributed by atoms with Gasteiger partial charge in [-0.3, -0.25) is 4.79 Å². The first kappa shape index (κ1) is 18.4. The Hall–Kier alpha value is -2.93. The number of hydrogen-bond donors (Lipinski definition) is 1. The van der Waals surface area contributed by atoms with Crippen LogP contribution in [0.1, 0.15) is 24.4 Å². The Morgan fingerprint density at radius 1 is 1.32 bits per heavy atom. The lowest BCUT2D eigenvalue weighted by Crippen LogP contribution is -2.39. The van der Waals surface area contributed by atoms with Crippen LogP contribution in [0.3, 0.4) is 0 Å². The Balaban J connectivity index is 1.61. The molecule has 1 amide bonds. The zero-order valence-electron chi connectivity index (χ0n) is 15.4. The summed E-state index contributed by atoms with van der Waals surface area (Å²) in [6.45, 7) is 5.54. The minimum Gasteiger partial charge on any atom is -0.364 e. The molecule has 1 atom stereocenters. The fourth-order valence-electron chi connectivity index (χ4n) is 3.57. The number of likely N-dealkylation sites (tertiary alicyclic amines) is 1. The van der Waals surface area contributed by atoms with Gasteiger partial charge in [0.25, 0.3) is 0 Å². The van der Waals surface area contributed by atoms with E-state index in [0.29, 0.717) is 30.1 Å². The summed E-state index contributed by atoms with van der Waals surface area (Å²) in [4.78, 5) is 27.1. The molecule has 1 N–H and O–H groups in total. The lowest BCUT2D eigenvalue weighted by Gasteiger charge is -2.32. The van der Waals surface area contributed by atoms with Crippen molar-refractivity contribution in [1.82, 2.24) is 24.4 Å². The number of benzene rings is 1. The Morgan fingerprint density at radius 2 is 2.14 bits per heavy atom. The topological polar surface area (TPSA) is 75.9 Å². The van der Waals surface area contributed by atoms with E-state index >= 15 is 0 Å². The molecule has 144 valence electrons. The lowest BCUT2D eigenvalue weighted by atomic mass is 10.1. The van der Waals surface area contributed by atoms with Crippen LogP contribution < -0.4 is 5.32 Å². The van der Waals surface area contributed by atoms with Gasteiger partial charge in [0, 0.05) is 19.6 Å². The number of amides is 1. The highest BCUT2D eigenvalue weighted by atomic mass is 35.5. The molecule has 0 spiro atoms. The van der Waals surface area contributed by atoms with Crippen LogP contribution in [0.5, 0.6) is 0 Å². The predicted octanol–water partition coefficient (Wildman–Crippen LogP) is 3.44. The number of rotatable bonds is 5. The largest absolute Gasteiger partial charge is 0.364 e. The van der Waals surface area contributed by atoms with E-state index in [1.165, 1.54) is 6.08 Å². The Kier molecular flexibility index (Phi) is 5.25. The van der Waals surface area contributed by atoms with Gasteiger partial charge in [-0.15, -0.1) is 0 Å². The summed E-state index contributed by atoms with van der Waals surface area (Å²) >= 11 is 6.19. The van der Waals surface area contributed by atoms with Gasteiger partial charge in [-0.05, 0) is 36.1 Å². The minimum absolute atomic E-state index is 0.0491. The van der Waals surface area contributed by atoms with Gasteiger partial charge in [0.05, 0.1) is 12.4 Å². The maximum absolute atomic E-state index is 12.0. The molecule has 28 heavy (non-hydrogen) atoms. The zero-order chi connectivity index (χ0) is 19.5. The Labute approximate surface area is 168 Å². The Bertz CT molecular complexity index is 1000. The van der Waals surface area contributed by atoms with Gasteiger partial charge in [-0.1, -0.05) is 36.9 Å². The van der Waals surface area contributed by atoms with E-state index in [4.69, 9.17) is 11.6 Å². The Morgan fingerprint density at radius 3 is 2.93 bits per heavy atom. The van der Waals surface area contributed by atoms with Crippen LogP contribution in [-0.4, -0.2) is 43.4 Å². The van der Waals surface area contributed by atoms with E-state index in [0.717, 1.165) is 24.9 Å². The summed E-state index contributed by atoms with van der Waals surface area (Å²) < 4.78 is 2.00. The number of nitrogens with zero attached hydrogens (tertiary/aromatic N) is 5. The molecule has 1 aliphatic heterocycles. The molecule has 1 fully saturated rings. The standard InChI is InChI=1S/C20H21ClN6O/c1-2-16(28)26-10-6-9-15(12-26)27-13-23-17-18(24-20(21)25-19(17)27)22-11-14-7-4-3-5-8-14/h2-5,7-8,13,15H,1,6,9-12H2,(H,22,24,25)/t15-/m0/s1. The maximum atomic E-state index is 12.0. The van der Waals surface area contributed by atoms with E-state index in [1.807, 2.05) is 39.8 Å². The van der Waals surface area contributed by atoms with E-state index in [9.17, 15) is 4.79 Å². The van der Waals surface area contributed by atoms with Crippen molar-refractivity contribution in [3.63, 3.8) is 0 Å². The molecule has 0 unspecified atom stereocenters. The van der Waals surface area contributed by atoms with Crippen molar-refractivity contribution in [3.05, 3.63) is 60.2 Å². The number of anilines is 1. The van der Waals surface area contributed by atoms with Gasteiger partial charge in [0.2, 0.25) is 11.2 Å². The first-order chi connectivity index (χ1) is 13.7. The highest BCUT2D eigenvalue weighted by Gasteiger charge is 2.26. The summed E-state index contributed by atoms with van der Waals surface area (Å²) in [5.41, 5.74) is 2.48. The molecule has 3 heterocycles. The van der Waals surface area contributed by atoms with Crippen molar-refractivity contribution in [3.8, 4) is 0 Å². The first-order valence-electron chi connectivity index (χ1n) is 9.25. The van der Waals surface area contributed by atoms with Gasteiger partial charge < -0.3 is 14.8 Å². The molecular formula is C20H21ClN6O. The van der Waals surface area contributed by atoms with Crippen LogP contribution in [0, 0.1) is 0 Å². The van der Waals surface area contributed by atoms with Crippen LogP contribution in [0.25, 0.3) is 11.2 Å². The molecule has 1 saturated heterocycles. The first-order valence-corrected chi connectivity index (χ1v) is 9.62. The molecule has 8 heteroatoms. The average Bonchev–Trinajstić information content (AvgIpc) is 3.16. The third-order valence-corrected chi connectivity index (χ3v) is 5.14. The van der Waals surface area contributed by atoms with Gasteiger partial charge in [-0.2, -0.15) is 9.97 Å². The van der Waals surface area contributed by atoms with Gasteiger partial charge in [-0.25, -0.2) is 4.98 Å². The van der Waals surface area contributed by atoms with Crippen molar-refractivity contribution in [2.75, 3.05) is 18.4 Å². The molecular weight excluding hydrogens is 376 g/mol. The molecule has 1 aliphatic rings. The molecule has 4 rings (SSSR count). The normalized spacial score (nSPS) is 16.9. The maximum Gasteiger partial charge on any atom is 0.246 e. The zero-order valence-corrected chi connectivity index (χ0v) is 16.1. The van der Waals surface area contributed by atoms with Crippen molar-refractivity contribution in [2.45, 2.75) is 25.4 Å². The molecule has 2 aromatic heterocycles. The van der Waals surface area contributed by atoms with Crippen LogP contribution in [0.4, 0.5) is 5.82 Å². The van der Waals surface area contributed by atoms with Crippen LogP contribution >= 0.6 is 11.6 Å². The fraction of sp³-hybridized carbons (Fsp3) is 0.300. The number of hydrogen-bond acceptors (Lipinski definition) is 5. The van der Waals surface area contributed by atoms with E-state index in [2.05, 4.69) is 26.8 Å². The summed E-state index contributed by atoms with van der Waals surface area (Å²) in [5, 5.41) is 3.47. The number of imidazole rings is 1. The van der Waals surface area contributed by atoms with Crippen LogP contribution in [0.2, 0.25) is 5.28 Å². The third-order valence-electron chi connectivity index (χ3n) is 4.97. The van der Waals surface area contributed by atoms with E-state index in [1.54, 1.807) is 6.33 Å². The highest BCUT2D eigenvalue weighted by Crippen LogP contribution is 2.28. The van der Waals surface area contributed by atoms with Crippen LogP contribution in [0.15, 0.2) is 49.3 Å². The second-order valence-corrected chi connectivity index (χ2v) is 7.13. The number of aromatic nitrogens is 4. The monoisotopic (exact) mass is 396 g/mol. The summed E-state index contributed by atoms with van der Waals surface area (Å²) in [6.07, 6.45) is 4.98. The van der Waals surface area contributed by atoms with E-state index in [-0.39, 0.29) is 17.2 Å². The van der Waals surface area contributed by atoms with Gasteiger partial charge in [0.15, 0.2) is 17.0 Å². The van der Waals surface area contributed by atoms with E-state index < -0.39 is 0 Å². The number of carbonyl (C=O) groups excluding carboxylic acids is 1. The fourth-order valence-corrected chi connectivity index (χ4v) is 3.74. The SMILES string of the molecule is C=CC(=O)N1CCC[C@H](n2cnc3c(NCc4ccccc4)nc(Cl)nc32)C1. The molecule has 3 aromatic rings. The quantitative estimate of drug-likeness (QED) is 0.528. The van der Waals surface area contributed by atoms with Crippen molar-refractivity contribution in [1.29, 1.82) is 0 Å². The molecule has 0 radical (unpaired) electrons. The van der Waals surface area contributed by atoms with Crippen LogP contribution in [-0.2, 0) is 11.3 Å². The summed E-state index contributed by atoms with van der Waals surface area (Å²) in [6, 6.07) is 10.1. The second-order valence-electron chi connectivity index (χ2n) is 6.79. The predicted molar refractivity (Wildman–Crippen MR) is 109 cm³/mol. The molecule has 7 nitrogen and oxygen atoms in total. The van der Waals surface area contributed by atoms with Crippen molar-refractivity contribution >= 4 is 34.5 Å². The number of fused-ring (bicyclic) bond motifs is 1. The lowest BCUT2D eigenvalue weighted by molar-refractivity contribution is -0.127. The number of halogens is 1. The number of nitrogens with one attached hydrogen (secondary N) is 1. The average molecular weight is 397 g/mol. The molecule has 0 aliphatic carbocycles. The van der Waals surface area contributed by atoms with Gasteiger partial charge >= 0.3 is 0 Å². The molecule has 0 saturated carbocycles. The minimum atomic E-state index is -0.0491. The third kappa shape index (κ3) is 3.71. The molecule has 1 aromatic carbocycles. The number of carbonyl (C=O) groups is 1. The smallest absolute Gasteiger partial charge is 0.246 e. The second kappa shape index (κ2) is 7.98. The summed E-state index contributed by atoms with van der Waals surface area (Å²) in [5.74, 6) is 0.555. The van der Waals surface area contributed by atoms with Crippen molar-refractivity contribution < 1.29 is 4.79 Å². The van der Waals surface area contributed by atoms with Crippen molar-refractivity contribution in [2.24, 2.45) is 0 Å². The number of piperidine rings is 1.